The number of nitriles is 1. The molecule has 2 nitrogen and oxygen atoms in total. The van der Waals surface area contributed by atoms with Crippen molar-refractivity contribution in [3.63, 3.8) is 0 Å². The van der Waals surface area contributed by atoms with Crippen LogP contribution >= 0.6 is 11.6 Å². The minimum absolute atomic E-state index is 0.238. The second-order valence-electron chi connectivity index (χ2n) is 2.39. The normalized spacial score (nSPS) is 10.3. The van der Waals surface area contributed by atoms with Crippen LogP contribution in [0.1, 0.15) is 23.2 Å². The summed E-state index contributed by atoms with van der Waals surface area (Å²) in [6.07, 6.45) is -2.14. The molecule has 0 aliphatic heterocycles. The molecule has 0 saturated carbocycles. The van der Waals surface area contributed by atoms with Crippen LogP contribution in [0.2, 0.25) is 0 Å². The zero-order chi connectivity index (χ0) is 10.7. The van der Waals surface area contributed by atoms with E-state index in [-0.39, 0.29) is 11.6 Å². The van der Waals surface area contributed by atoms with Crippen molar-refractivity contribution in [2.24, 2.45) is 0 Å². The van der Waals surface area contributed by atoms with E-state index >= 15 is 0 Å². The van der Waals surface area contributed by atoms with Gasteiger partial charge in [0.05, 0.1) is 17.1 Å². The Morgan fingerprint density at radius 1 is 1.57 bits per heavy atom. The molecule has 0 bridgehead atoms. The predicted molar refractivity (Wildman–Crippen MR) is 43.4 cm³/mol. The molecule has 74 valence electrons. The van der Waals surface area contributed by atoms with Crippen LogP contribution in [0.15, 0.2) is 6.20 Å². The van der Waals surface area contributed by atoms with Gasteiger partial charge in [0.1, 0.15) is 11.6 Å². The molecule has 0 saturated heterocycles. The SMILES string of the molecule is N#Cc1cnc(CCl)c(C(F)F)c1F. The molecule has 0 aliphatic carbocycles. The summed E-state index contributed by atoms with van der Waals surface area (Å²) in [6.45, 7) is 0. The van der Waals surface area contributed by atoms with Crippen LogP contribution in [-0.4, -0.2) is 4.98 Å². The van der Waals surface area contributed by atoms with E-state index in [0.717, 1.165) is 6.20 Å². The topological polar surface area (TPSA) is 36.7 Å². The fourth-order valence-electron chi connectivity index (χ4n) is 0.947. The Balaban J connectivity index is 3.41. The molecule has 0 spiro atoms. The third-order valence-electron chi connectivity index (χ3n) is 1.60. The van der Waals surface area contributed by atoms with Crippen molar-refractivity contribution < 1.29 is 13.2 Å². The molecule has 0 amide bonds. The second-order valence-corrected chi connectivity index (χ2v) is 2.66. The molecule has 1 aromatic heterocycles. The lowest BCUT2D eigenvalue weighted by Crippen LogP contribution is -2.03. The van der Waals surface area contributed by atoms with E-state index in [0.29, 0.717) is 0 Å². The summed E-state index contributed by atoms with van der Waals surface area (Å²) in [5, 5.41) is 8.38. The van der Waals surface area contributed by atoms with Crippen molar-refractivity contribution in [3.8, 4) is 6.07 Å². The van der Waals surface area contributed by atoms with Crippen molar-refractivity contribution in [2.75, 3.05) is 0 Å². The van der Waals surface area contributed by atoms with Gasteiger partial charge in [-0.1, -0.05) is 0 Å². The van der Waals surface area contributed by atoms with Crippen LogP contribution in [-0.2, 0) is 5.88 Å². The van der Waals surface area contributed by atoms with E-state index in [9.17, 15) is 13.2 Å². The van der Waals surface area contributed by atoms with Crippen LogP contribution in [0.25, 0.3) is 0 Å². The number of rotatable bonds is 2. The highest BCUT2D eigenvalue weighted by atomic mass is 35.5. The highest BCUT2D eigenvalue weighted by Gasteiger charge is 2.21. The zero-order valence-corrected chi connectivity index (χ0v) is 7.52. The molecule has 6 heteroatoms. The summed E-state index contributed by atoms with van der Waals surface area (Å²) >= 11 is 5.30. The lowest BCUT2D eigenvalue weighted by atomic mass is 10.1. The van der Waals surface area contributed by atoms with Crippen LogP contribution < -0.4 is 0 Å². The smallest absolute Gasteiger partial charge is 0.258 e. The van der Waals surface area contributed by atoms with Gasteiger partial charge in [0.2, 0.25) is 0 Å². The summed E-state index contributed by atoms with van der Waals surface area (Å²) in [4.78, 5) is 3.48. The minimum Gasteiger partial charge on any atom is -0.258 e. The fraction of sp³-hybridized carbons (Fsp3) is 0.250. The molecule has 0 atom stereocenters. The van der Waals surface area contributed by atoms with Gasteiger partial charge in [-0.25, -0.2) is 13.2 Å². The van der Waals surface area contributed by atoms with Crippen molar-refractivity contribution >= 4 is 11.6 Å². The van der Waals surface area contributed by atoms with E-state index in [1.807, 2.05) is 0 Å². The molecule has 1 rings (SSSR count). The average molecular weight is 221 g/mol. The number of hydrogen-bond donors (Lipinski definition) is 0. The second kappa shape index (κ2) is 4.29. The summed E-state index contributed by atoms with van der Waals surface area (Å²) < 4.78 is 37.9. The number of hydrogen-bond acceptors (Lipinski definition) is 2. The molecule has 1 aromatic rings. The van der Waals surface area contributed by atoms with E-state index in [4.69, 9.17) is 16.9 Å². The van der Waals surface area contributed by atoms with E-state index in [1.165, 1.54) is 6.07 Å². The lowest BCUT2D eigenvalue weighted by molar-refractivity contribution is 0.144. The average Bonchev–Trinajstić information content (AvgIpc) is 2.16. The molecular formula is C8H4ClF3N2. The molecule has 14 heavy (non-hydrogen) atoms. The number of nitrogens with zero attached hydrogens (tertiary/aromatic N) is 2. The van der Waals surface area contributed by atoms with Crippen molar-refractivity contribution in [1.29, 1.82) is 5.26 Å². The maximum Gasteiger partial charge on any atom is 0.268 e. The highest BCUT2D eigenvalue weighted by Crippen LogP contribution is 2.27. The third-order valence-corrected chi connectivity index (χ3v) is 1.85. The summed E-state index contributed by atoms with van der Waals surface area (Å²) in [5.41, 5.74) is -1.63. The number of halogens is 4. The quantitative estimate of drug-likeness (QED) is 0.719. The monoisotopic (exact) mass is 220 g/mol. The third kappa shape index (κ3) is 1.80. The van der Waals surface area contributed by atoms with Gasteiger partial charge >= 0.3 is 0 Å². The van der Waals surface area contributed by atoms with Crippen molar-refractivity contribution in [2.45, 2.75) is 12.3 Å². The van der Waals surface area contributed by atoms with Gasteiger partial charge in [-0.2, -0.15) is 5.26 Å². The summed E-state index contributed by atoms with van der Waals surface area (Å²) in [7, 11) is 0. The zero-order valence-electron chi connectivity index (χ0n) is 6.77. The lowest BCUT2D eigenvalue weighted by Gasteiger charge is -2.06. The Kier molecular flexibility index (Phi) is 3.31. The first-order chi connectivity index (χ1) is 6.61. The standard InChI is InChI=1S/C8H4ClF3N2/c9-1-5-6(8(11)12)7(10)4(2-13)3-14-5/h3,8H,1H2. The number of alkyl halides is 3. The number of pyridine rings is 1. The van der Waals surface area contributed by atoms with Gasteiger partial charge in [0.25, 0.3) is 6.43 Å². The van der Waals surface area contributed by atoms with Gasteiger partial charge in [-0.05, 0) is 0 Å². The summed E-state index contributed by atoms with van der Waals surface area (Å²) in [5.74, 6) is -1.56. The molecule has 0 aromatic carbocycles. The van der Waals surface area contributed by atoms with Crippen molar-refractivity contribution in [3.05, 3.63) is 28.8 Å². The van der Waals surface area contributed by atoms with E-state index in [2.05, 4.69) is 4.98 Å². The van der Waals surface area contributed by atoms with Gasteiger partial charge in [0, 0.05) is 6.20 Å². The maximum absolute atomic E-state index is 13.2. The molecule has 0 radical (unpaired) electrons. The fourth-order valence-corrected chi connectivity index (χ4v) is 1.16. The van der Waals surface area contributed by atoms with Gasteiger partial charge in [0.15, 0.2) is 5.82 Å². The molecular weight excluding hydrogens is 217 g/mol. The van der Waals surface area contributed by atoms with Crippen molar-refractivity contribution in [1.82, 2.24) is 4.98 Å². The molecule has 1 heterocycles. The van der Waals surface area contributed by atoms with Crippen LogP contribution in [0.4, 0.5) is 13.2 Å². The maximum atomic E-state index is 13.2. The Hall–Kier alpha value is -1.28. The Morgan fingerprint density at radius 2 is 2.21 bits per heavy atom. The first-order valence-corrected chi connectivity index (χ1v) is 4.06. The van der Waals surface area contributed by atoms with Gasteiger partial charge in [-0.3, -0.25) is 4.98 Å². The largest absolute Gasteiger partial charge is 0.268 e. The minimum atomic E-state index is -3.02. The first kappa shape index (κ1) is 10.8. The molecule has 0 N–H and O–H groups in total. The van der Waals surface area contributed by atoms with Gasteiger partial charge in [-0.15, -0.1) is 11.6 Å². The highest BCUT2D eigenvalue weighted by molar-refractivity contribution is 6.17. The Bertz CT molecular complexity index is 387. The van der Waals surface area contributed by atoms with Crippen LogP contribution in [0, 0.1) is 17.1 Å². The Labute approximate surface area is 82.9 Å². The molecule has 0 fully saturated rings. The molecule has 0 unspecified atom stereocenters. The van der Waals surface area contributed by atoms with Gasteiger partial charge < -0.3 is 0 Å². The summed E-state index contributed by atoms with van der Waals surface area (Å²) in [6, 6.07) is 1.43. The number of aromatic nitrogens is 1. The van der Waals surface area contributed by atoms with E-state index < -0.39 is 23.4 Å². The van der Waals surface area contributed by atoms with E-state index in [1.54, 1.807) is 0 Å². The van der Waals surface area contributed by atoms with Crippen LogP contribution in [0.3, 0.4) is 0 Å². The Morgan fingerprint density at radius 3 is 2.64 bits per heavy atom. The van der Waals surface area contributed by atoms with Crippen LogP contribution in [0.5, 0.6) is 0 Å². The predicted octanol–water partition coefficient (Wildman–Crippen LogP) is 2.77. The molecule has 0 aliphatic rings. The first-order valence-electron chi connectivity index (χ1n) is 3.53.